The van der Waals surface area contributed by atoms with Crippen LogP contribution in [0.5, 0.6) is 11.5 Å². The van der Waals surface area contributed by atoms with Crippen LogP contribution in [0.1, 0.15) is 33.7 Å². The molecule has 3 aromatic rings. The molecule has 9 heteroatoms. The molecule has 0 spiro atoms. The number of hydrogen-bond acceptors (Lipinski definition) is 6. The van der Waals surface area contributed by atoms with Crippen molar-refractivity contribution in [1.29, 1.82) is 0 Å². The van der Waals surface area contributed by atoms with E-state index in [1.54, 1.807) is 23.0 Å². The fourth-order valence-electron chi connectivity index (χ4n) is 2.79. The van der Waals surface area contributed by atoms with Crippen molar-refractivity contribution in [2.45, 2.75) is 38.6 Å². The van der Waals surface area contributed by atoms with Crippen LogP contribution in [-0.2, 0) is 10.0 Å². The van der Waals surface area contributed by atoms with E-state index in [9.17, 15) is 8.42 Å². The molecular weight excluding hydrogens is 380 g/mol. The Balaban J connectivity index is 1.91. The normalized spacial score (nSPS) is 11.8. The van der Waals surface area contributed by atoms with Crippen LogP contribution in [-0.4, -0.2) is 36.4 Å². The summed E-state index contributed by atoms with van der Waals surface area (Å²) in [6, 6.07) is 6.41. The molecule has 0 saturated carbocycles. The molecule has 0 aliphatic heterocycles. The fraction of sp³-hybridized carbons (Fsp3) is 0.368. The van der Waals surface area contributed by atoms with Crippen molar-refractivity contribution in [2.75, 3.05) is 17.9 Å². The van der Waals surface area contributed by atoms with E-state index in [-0.39, 0.29) is 10.9 Å². The number of fused-ring (bicyclic) bond motifs is 1. The lowest BCUT2D eigenvalue weighted by Crippen LogP contribution is -2.13. The Labute approximate surface area is 164 Å². The van der Waals surface area contributed by atoms with Gasteiger partial charge in [0.2, 0.25) is 0 Å². The summed E-state index contributed by atoms with van der Waals surface area (Å²) in [5, 5.41) is 5.06. The summed E-state index contributed by atoms with van der Waals surface area (Å²) in [7, 11) is -3.82. The van der Waals surface area contributed by atoms with E-state index in [2.05, 4.69) is 14.8 Å². The topological polar surface area (TPSA) is 95.3 Å². The van der Waals surface area contributed by atoms with Gasteiger partial charge >= 0.3 is 0 Å². The van der Waals surface area contributed by atoms with Gasteiger partial charge in [0, 0.05) is 17.5 Å². The summed E-state index contributed by atoms with van der Waals surface area (Å²) in [5.74, 6) is 0.895. The van der Waals surface area contributed by atoms with Gasteiger partial charge in [-0.05, 0) is 45.9 Å². The molecule has 0 radical (unpaired) electrons. The molecule has 28 heavy (non-hydrogen) atoms. The minimum absolute atomic E-state index is 0.0809. The van der Waals surface area contributed by atoms with Gasteiger partial charge in [0.25, 0.3) is 10.0 Å². The summed E-state index contributed by atoms with van der Waals surface area (Å²) in [4.78, 5) is 4.44. The third-order valence-electron chi connectivity index (χ3n) is 4.00. The first kappa shape index (κ1) is 19.9. The van der Waals surface area contributed by atoms with Crippen molar-refractivity contribution in [3.63, 3.8) is 0 Å². The van der Waals surface area contributed by atoms with Crippen molar-refractivity contribution in [3.8, 4) is 11.5 Å². The number of aromatic nitrogens is 3. The van der Waals surface area contributed by atoms with Crippen LogP contribution in [0.25, 0.3) is 11.0 Å². The van der Waals surface area contributed by atoms with Crippen LogP contribution in [0.3, 0.4) is 0 Å². The van der Waals surface area contributed by atoms with Gasteiger partial charge in [-0.25, -0.2) is 18.1 Å². The monoisotopic (exact) mass is 404 g/mol. The minimum Gasteiger partial charge on any atom is -0.490 e. The molecule has 0 bridgehead atoms. The Morgan fingerprint density at radius 3 is 2.46 bits per heavy atom. The number of rotatable bonds is 8. The number of nitrogens with one attached hydrogen (secondary N) is 1. The zero-order valence-electron chi connectivity index (χ0n) is 16.3. The fourth-order valence-corrected chi connectivity index (χ4v) is 3.84. The Hall–Kier alpha value is -2.81. The third kappa shape index (κ3) is 4.04. The van der Waals surface area contributed by atoms with Crippen molar-refractivity contribution in [3.05, 3.63) is 36.7 Å². The highest BCUT2D eigenvalue weighted by Crippen LogP contribution is 2.31. The van der Waals surface area contributed by atoms with Crippen molar-refractivity contribution >= 4 is 26.7 Å². The second-order valence-corrected chi connectivity index (χ2v) is 8.08. The zero-order valence-corrected chi connectivity index (χ0v) is 17.2. The van der Waals surface area contributed by atoms with Gasteiger partial charge in [0.05, 0.1) is 36.2 Å². The smallest absolute Gasteiger partial charge is 0.262 e. The zero-order chi connectivity index (χ0) is 20.3. The molecule has 8 nitrogen and oxygen atoms in total. The lowest BCUT2D eigenvalue weighted by atomic mass is 10.3. The number of sulfonamides is 1. The molecule has 3 rings (SSSR count). The summed E-state index contributed by atoms with van der Waals surface area (Å²) < 4.78 is 41.0. The first-order valence-electron chi connectivity index (χ1n) is 9.11. The number of nitrogens with zero attached hydrogens (tertiary/aromatic N) is 3. The van der Waals surface area contributed by atoms with Gasteiger partial charge in [-0.2, -0.15) is 5.10 Å². The maximum Gasteiger partial charge on any atom is 0.262 e. The molecule has 2 heterocycles. The van der Waals surface area contributed by atoms with E-state index >= 15 is 0 Å². The average molecular weight is 404 g/mol. The molecule has 2 aromatic heterocycles. The van der Waals surface area contributed by atoms with Crippen molar-refractivity contribution in [1.82, 2.24) is 14.8 Å². The maximum absolute atomic E-state index is 12.8. The van der Waals surface area contributed by atoms with Crippen LogP contribution >= 0.6 is 0 Å². The third-order valence-corrected chi connectivity index (χ3v) is 5.38. The first-order chi connectivity index (χ1) is 13.4. The van der Waals surface area contributed by atoms with E-state index < -0.39 is 10.0 Å². The second kappa shape index (κ2) is 8.05. The number of ether oxygens (including phenoxy) is 2. The predicted octanol–water partition coefficient (Wildman–Crippen LogP) is 3.61. The van der Waals surface area contributed by atoms with E-state index in [1.165, 1.54) is 18.3 Å². The molecule has 1 aromatic carbocycles. The molecule has 0 unspecified atom stereocenters. The molecule has 0 aliphatic carbocycles. The van der Waals surface area contributed by atoms with Crippen molar-refractivity contribution < 1.29 is 17.9 Å². The number of benzene rings is 1. The first-order valence-corrected chi connectivity index (χ1v) is 10.6. The van der Waals surface area contributed by atoms with Gasteiger partial charge < -0.3 is 9.47 Å². The van der Waals surface area contributed by atoms with E-state index in [4.69, 9.17) is 9.47 Å². The highest BCUT2D eigenvalue weighted by atomic mass is 32.2. The van der Waals surface area contributed by atoms with Crippen LogP contribution < -0.4 is 14.2 Å². The molecule has 0 atom stereocenters. The summed E-state index contributed by atoms with van der Waals surface area (Å²) >= 11 is 0. The average Bonchev–Trinajstić information content (AvgIpc) is 3.06. The maximum atomic E-state index is 12.8. The number of hydrogen-bond donors (Lipinski definition) is 1. The van der Waals surface area contributed by atoms with Gasteiger partial charge in [-0.1, -0.05) is 0 Å². The Morgan fingerprint density at radius 2 is 1.79 bits per heavy atom. The number of pyridine rings is 1. The SMILES string of the molecule is CCOc1ccc(S(=O)(=O)Nc2cnc3c(cnn3C(C)C)c2)cc1OCC. The highest BCUT2D eigenvalue weighted by Gasteiger charge is 2.18. The standard InChI is InChI=1S/C19H24N4O4S/c1-5-26-17-8-7-16(10-18(17)27-6-2)28(24,25)22-15-9-14-11-21-23(13(3)4)19(14)20-12-15/h7-13,22H,5-6H2,1-4H3. The largest absolute Gasteiger partial charge is 0.490 e. The lowest BCUT2D eigenvalue weighted by Gasteiger charge is -2.13. The number of anilines is 1. The Morgan fingerprint density at radius 1 is 1.07 bits per heavy atom. The summed E-state index contributed by atoms with van der Waals surface area (Å²) in [6.07, 6.45) is 3.16. The second-order valence-electron chi connectivity index (χ2n) is 6.40. The Bertz CT molecular complexity index is 1080. The molecule has 0 fully saturated rings. The van der Waals surface area contributed by atoms with E-state index in [0.717, 1.165) is 5.39 Å². The minimum atomic E-state index is -3.82. The molecule has 150 valence electrons. The summed E-state index contributed by atoms with van der Waals surface area (Å²) in [5.41, 5.74) is 1.07. The van der Waals surface area contributed by atoms with Gasteiger partial charge in [0.1, 0.15) is 0 Å². The van der Waals surface area contributed by atoms with Crippen molar-refractivity contribution in [2.24, 2.45) is 0 Å². The van der Waals surface area contributed by atoms with Gasteiger partial charge in [-0.3, -0.25) is 4.72 Å². The predicted molar refractivity (Wildman–Crippen MR) is 108 cm³/mol. The van der Waals surface area contributed by atoms with Crippen LogP contribution in [0.2, 0.25) is 0 Å². The Kier molecular flexibility index (Phi) is 5.73. The van der Waals surface area contributed by atoms with E-state index in [1.807, 2.05) is 27.7 Å². The van der Waals surface area contributed by atoms with Crippen LogP contribution in [0.15, 0.2) is 41.6 Å². The molecule has 1 N–H and O–H groups in total. The molecule has 0 amide bonds. The molecule has 0 saturated heterocycles. The van der Waals surface area contributed by atoms with Crippen LogP contribution in [0, 0.1) is 0 Å². The molecular formula is C19H24N4O4S. The quantitative estimate of drug-likeness (QED) is 0.616. The van der Waals surface area contributed by atoms with Crippen LogP contribution in [0.4, 0.5) is 5.69 Å². The van der Waals surface area contributed by atoms with Gasteiger partial charge in [-0.15, -0.1) is 0 Å². The molecule has 0 aliphatic rings. The summed E-state index contributed by atoms with van der Waals surface area (Å²) in [6.45, 7) is 8.55. The lowest BCUT2D eigenvalue weighted by molar-refractivity contribution is 0.287. The van der Waals surface area contributed by atoms with Gasteiger partial charge in [0.15, 0.2) is 17.1 Å². The highest BCUT2D eigenvalue weighted by molar-refractivity contribution is 7.92. The van der Waals surface area contributed by atoms with E-state index in [0.29, 0.717) is 36.0 Å².